The predicted molar refractivity (Wildman–Crippen MR) is 88.3 cm³/mol. The number of rotatable bonds is 2. The molecule has 2 heterocycles. The Morgan fingerprint density at radius 2 is 2.12 bits per heavy atom. The van der Waals surface area contributed by atoms with E-state index in [-0.39, 0.29) is 17.3 Å². The van der Waals surface area contributed by atoms with Crippen molar-refractivity contribution < 1.29 is 14.6 Å². The van der Waals surface area contributed by atoms with Gasteiger partial charge in [-0.05, 0) is 30.5 Å². The van der Waals surface area contributed by atoms with Gasteiger partial charge in [0.05, 0.1) is 17.8 Å². The van der Waals surface area contributed by atoms with E-state index < -0.39 is 0 Å². The van der Waals surface area contributed by atoms with Crippen LogP contribution in [0.4, 0.5) is 0 Å². The van der Waals surface area contributed by atoms with Crippen LogP contribution in [0.25, 0.3) is 0 Å². The second-order valence-electron chi connectivity index (χ2n) is 6.71. The molecule has 0 saturated carbocycles. The van der Waals surface area contributed by atoms with Crippen LogP contribution in [0.15, 0.2) is 18.2 Å². The molecule has 2 aliphatic rings. The van der Waals surface area contributed by atoms with E-state index in [0.717, 1.165) is 38.0 Å². The number of morpholine rings is 1. The molecule has 1 aromatic rings. The fourth-order valence-corrected chi connectivity index (χ4v) is 3.56. The number of hydrogen-bond acceptors (Lipinski definition) is 5. The molecule has 2 aliphatic heterocycles. The second-order valence-corrected chi connectivity index (χ2v) is 6.71. The molecule has 128 valence electrons. The van der Waals surface area contributed by atoms with Crippen molar-refractivity contribution in [1.29, 1.82) is 5.26 Å². The molecule has 1 aromatic carbocycles. The van der Waals surface area contributed by atoms with E-state index in [4.69, 9.17) is 10.00 Å². The number of likely N-dealkylation sites (tertiary alicyclic amines) is 1. The molecule has 0 radical (unpaired) electrons. The molecule has 6 nitrogen and oxygen atoms in total. The van der Waals surface area contributed by atoms with E-state index in [9.17, 15) is 9.90 Å². The van der Waals surface area contributed by atoms with Crippen molar-refractivity contribution in [3.8, 4) is 11.8 Å². The first-order valence-corrected chi connectivity index (χ1v) is 8.35. The number of carbonyl (C=O) groups excluding carboxylic acids is 1. The summed E-state index contributed by atoms with van der Waals surface area (Å²) in [5.41, 5.74) is 1.14. The van der Waals surface area contributed by atoms with Gasteiger partial charge in [-0.25, -0.2) is 0 Å². The van der Waals surface area contributed by atoms with Crippen molar-refractivity contribution in [1.82, 2.24) is 9.80 Å². The zero-order valence-corrected chi connectivity index (χ0v) is 14.0. The van der Waals surface area contributed by atoms with Crippen LogP contribution in [0.1, 0.15) is 30.9 Å². The van der Waals surface area contributed by atoms with Gasteiger partial charge in [0.2, 0.25) is 5.91 Å². The minimum Gasteiger partial charge on any atom is -0.507 e. The average Bonchev–Trinajstić information content (AvgIpc) is 2.59. The maximum absolute atomic E-state index is 11.6. The zero-order valence-electron chi connectivity index (χ0n) is 14.0. The van der Waals surface area contributed by atoms with E-state index in [1.165, 1.54) is 0 Å². The first-order chi connectivity index (χ1) is 11.5. The molecule has 1 N–H and O–H groups in total. The third-order valence-corrected chi connectivity index (χ3v) is 5.05. The molecule has 0 aromatic heterocycles. The minimum absolute atomic E-state index is 0.0266. The molecule has 0 aliphatic carbocycles. The molecule has 1 spiro atoms. The van der Waals surface area contributed by atoms with Crippen molar-refractivity contribution in [3.63, 3.8) is 0 Å². The predicted octanol–water partition coefficient (Wildman–Crippen LogP) is 1.48. The van der Waals surface area contributed by atoms with Crippen molar-refractivity contribution in [2.24, 2.45) is 0 Å². The summed E-state index contributed by atoms with van der Waals surface area (Å²) in [6.45, 7) is 6.15. The summed E-state index contributed by atoms with van der Waals surface area (Å²) in [6.07, 6.45) is 1.81. The number of nitriles is 1. The lowest BCUT2D eigenvalue weighted by Crippen LogP contribution is -2.57. The number of piperidine rings is 1. The summed E-state index contributed by atoms with van der Waals surface area (Å²) in [5, 5.41) is 18.6. The van der Waals surface area contributed by atoms with Gasteiger partial charge in [0.1, 0.15) is 11.8 Å². The summed E-state index contributed by atoms with van der Waals surface area (Å²) in [7, 11) is 0. The Bertz CT molecular complexity index is 660. The molecular weight excluding hydrogens is 306 g/mol. The Kier molecular flexibility index (Phi) is 4.74. The van der Waals surface area contributed by atoms with Gasteiger partial charge in [-0.3, -0.25) is 9.69 Å². The van der Waals surface area contributed by atoms with Gasteiger partial charge in [-0.15, -0.1) is 0 Å². The summed E-state index contributed by atoms with van der Waals surface area (Å²) >= 11 is 0. The monoisotopic (exact) mass is 329 g/mol. The number of phenolic OH excluding ortho intramolecular Hbond substituents is 1. The molecule has 1 amide bonds. The SMILES string of the molecule is CC(=O)N1CCOC2(CCN(Cc3ccc(O)c(C#N)c3)CC2)C1. The summed E-state index contributed by atoms with van der Waals surface area (Å²) in [5.74, 6) is 0.145. The molecule has 6 heteroatoms. The van der Waals surface area contributed by atoms with Gasteiger partial charge < -0.3 is 14.7 Å². The summed E-state index contributed by atoms with van der Waals surface area (Å²) < 4.78 is 6.04. The topological polar surface area (TPSA) is 76.8 Å². The highest BCUT2D eigenvalue weighted by Gasteiger charge is 2.40. The lowest BCUT2D eigenvalue weighted by molar-refractivity contribution is -0.158. The standard InChI is InChI=1S/C18H23N3O3/c1-14(22)21-8-9-24-18(13-21)4-6-20(7-5-18)12-15-2-3-17(23)16(10-15)11-19/h2-3,10,23H,4-9,12-13H2,1H3. The highest BCUT2D eigenvalue weighted by Crippen LogP contribution is 2.31. The fourth-order valence-electron chi connectivity index (χ4n) is 3.56. The molecule has 2 saturated heterocycles. The largest absolute Gasteiger partial charge is 0.507 e. The maximum atomic E-state index is 11.6. The quantitative estimate of drug-likeness (QED) is 0.889. The third-order valence-electron chi connectivity index (χ3n) is 5.05. The van der Waals surface area contributed by atoms with Crippen LogP contribution >= 0.6 is 0 Å². The Balaban J connectivity index is 1.59. The van der Waals surface area contributed by atoms with Crippen molar-refractivity contribution >= 4 is 5.91 Å². The Morgan fingerprint density at radius 3 is 2.79 bits per heavy atom. The molecule has 0 bridgehead atoms. The molecule has 0 unspecified atom stereocenters. The molecule has 3 rings (SSSR count). The number of carbonyl (C=O) groups is 1. The summed E-state index contributed by atoms with van der Waals surface area (Å²) in [6, 6.07) is 7.19. The first kappa shape index (κ1) is 16.7. The second kappa shape index (κ2) is 6.80. The normalized spacial score (nSPS) is 20.8. The van der Waals surface area contributed by atoms with Crippen LogP contribution in [0.5, 0.6) is 5.75 Å². The fraction of sp³-hybridized carbons (Fsp3) is 0.556. The van der Waals surface area contributed by atoms with Gasteiger partial charge in [-0.2, -0.15) is 5.26 Å². The molecule has 24 heavy (non-hydrogen) atoms. The Labute approximate surface area is 142 Å². The lowest BCUT2D eigenvalue weighted by atomic mass is 9.89. The van der Waals surface area contributed by atoms with E-state index in [1.54, 1.807) is 19.1 Å². The third kappa shape index (κ3) is 3.53. The van der Waals surface area contributed by atoms with Crippen molar-refractivity contribution in [2.45, 2.75) is 31.9 Å². The van der Waals surface area contributed by atoms with Crippen LogP contribution in [0.3, 0.4) is 0 Å². The number of aromatic hydroxyl groups is 1. The Hall–Kier alpha value is -2.10. The Morgan fingerprint density at radius 1 is 1.38 bits per heavy atom. The summed E-state index contributed by atoms with van der Waals surface area (Å²) in [4.78, 5) is 15.8. The maximum Gasteiger partial charge on any atom is 0.219 e. The van der Waals surface area contributed by atoms with Crippen LogP contribution < -0.4 is 0 Å². The van der Waals surface area contributed by atoms with Gasteiger partial charge in [0.15, 0.2) is 0 Å². The van der Waals surface area contributed by atoms with E-state index in [0.29, 0.717) is 25.3 Å². The van der Waals surface area contributed by atoms with E-state index in [1.807, 2.05) is 17.0 Å². The highest BCUT2D eigenvalue weighted by atomic mass is 16.5. The zero-order chi connectivity index (χ0) is 17.2. The van der Waals surface area contributed by atoms with Crippen LogP contribution in [-0.4, -0.2) is 59.2 Å². The highest BCUT2D eigenvalue weighted by molar-refractivity contribution is 5.73. The number of phenols is 1. The van der Waals surface area contributed by atoms with E-state index in [2.05, 4.69) is 4.90 Å². The molecular formula is C18H23N3O3. The van der Waals surface area contributed by atoms with Gasteiger partial charge in [0, 0.05) is 39.6 Å². The number of hydrogen-bond donors (Lipinski definition) is 1. The number of ether oxygens (including phenoxy) is 1. The molecule has 0 atom stereocenters. The van der Waals surface area contributed by atoms with Crippen molar-refractivity contribution in [2.75, 3.05) is 32.8 Å². The minimum atomic E-state index is -0.201. The van der Waals surface area contributed by atoms with Crippen LogP contribution in [0.2, 0.25) is 0 Å². The van der Waals surface area contributed by atoms with Crippen molar-refractivity contribution in [3.05, 3.63) is 29.3 Å². The van der Waals surface area contributed by atoms with E-state index >= 15 is 0 Å². The average molecular weight is 329 g/mol. The molecule has 2 fully saturated rings. The van der Waals surface area contributed by atoms with Crippen LogP contribution in [-0.2, 0) is 16.1 Å². The number of amides is 1. The van der Waals surface area contributed by atoms with Gasteiger partial charge in [0.25, 0.3) is 0 Å². The van der Waals surface area contributed by atoms with Gasteiger partial charge in [-0.1, -0.05) is 6.07 Å². The first-order valence-electron chi connectivity index (χ1n) is 8.35. The number of benzene rings is 1. The smallest absolute Gasteiger partial charge is 0.219 e. The van der Waals surface area contributed by atoms with Gasteiger partial charge >= 0.3 is 0 Å². The van der Waals surface area contributed by atoms with Crippen LogP contribution in [0, 0.1) is 11.3 Å². The number of nitrogens with zero attached hydrogens (tertiary/aromatic N) is 3. The lowest BCUT2D eigenvalue weighted by Gasteiger charge is -2.47.